The second-order valence-corrected chi connectivity index (χ2v) is 5.51. The molecule has 1 heterocycles. The molecule has 0 aliphatic carbocycles. The van der Waals surface area contributed by atoms with Crippen molar-refractivity contribution in [3.8, 4) is 0 Å². The molecule has 0 radical (unpaired) electrons. The van der Waals surface area contributed by atoms with E-state index in [1.807, 2.05) is 0 Å². The minimum atomic E-state index is -3.48. The van der Waals surface area contributed by atoms with Crippen LogP contribution >= 0.6 is 11.6 Å². The summed E-state index contributed by atoms with van der Waals surface area (Å²) in [6.45, 7) is 1.52. The van der Waals surface area contributed by atoms with Crippen LogP contribution in [0.3, 0.4) is 0 Å². The van der Waals surface area contributed by atoms with Crippen molar-refractivity contribution in [3.63, 3.8) is 0 Å². The van der Waals surface area contributed by atoms with Gasteiger partial charge in [0.05, 0.1) is 12.3 Å². The molecule has 0 aliphatic heterocycles. The van der Waals surface area contributed by atoms with Crippen LogP contribution in [0.1, 0.15) is 17.3 Å². The summed E-state index contributed by atoms with van der Waals surface area (Å²) >= 11 is 5.67. The largest absolute Gasteiger partial charge is 0.321 e. The molecule has 5 nitrogen and oxygen atoms in total. The number of carbonyl (C=O) groups is 1. The smallest absolute Gasteiger partial charge is 0.236 e. The number of aromatic nitrogens is 1. The molecule has 0 aliphatic rings. The second-order valence-electron chi connectivity index (χ2n) is 3.26. The molecule has 15 heavy (non-hydrogen) atoms. The fourth-order valence-corrected chi connectivity index (χ4v) is 2.29. The summed E-state index contributed by atoms with van der Waals surface area (Å²) in [6.07, 6.45) is 2.17. The van der Waals surface area contributed by atoms with Crippen molar-refractivity contribution >= 4 is 27.4 Å². The molecule has 0 amide bonds. The highest BCUT2D eigenvalue weighted by Crippen LogP contribution is 2.17. The Morgan fingerprint density at radius 3 is 2.47 bits per heavy atom. The Hall–Kier alpha value is -0.850. The number of hydrogen-bond donors (Lipinski definition) is 1. The van der Waals surface area contributed by atoms with Gasteiger partial charge < -0.3 is 5.73 Å². The zero-order chi connectivity index (χ0) is 11.8. The lowest BCUT2D eigenvalue weighted by molar-refractivity contribution is 0.0968. The third-order valence-corrected chi connectivity index (χ3v) is 3.21. The summed E-state index contributed by atoms with van der Waals surface area (Å²) in [5, 5.41) is -0.0264. The number of nitrogens with zero attached hydrogens (tertiary/aromatic N) is 1. The van der Waals surface area contributed by atoms with Gasteiger partial charge in [-0.3, -0.25) is 4.79 Å². The van der Waals surface area contributed by atoms with Gasteiger partial charge in [-0.25, -0.2) is 12.4 Å². The maximum Gasteiger partial charge on any atom is 0.236 e. The lowest BCUT2D eigenvalue weighted by Gasteiger charge is -2.01. The van der Waals surface area contributed by atoms with Crippen molar-refractivity contribution in [3.05, 3.63) is 23.0 Å². The summed E-state index contributed by atoms with van der Waals surface area (Å²) in [6, 6.07) is 0.602. The third-order valence-electron chi connectivity index (χ3n) is 1.80. The first kappa shape index (κ1) is 12.2. The molecule has 84 valence electrons. The highest BCUT2D eigenvalue weighted by Gasteiger charge is 2.18. The molecule has 0 bridgehead atoms. The van der Waals surface area contributed by atoms with Crippen LogP contribution in [0.25, 0.3) is 0 Å². The first-order chi connectivity index (χ1) is 6.73. The molecule has 1 atom stereocenters. The van der Waals surface area contributed by atoms with E-state index < -0.39 is 16.1 Å². The molecule has 2 N–H and O–H groups in total. The first-order valence-electron chi connectivity index (χ1n) is 4.11. The van der Waals surface area contributed by atoms with E-state index in [1.54, 1.807) is 0 Å². The highest BCUT2D eigenvalue weighted by molar-refractivity contribution is 7.89. The standard InChI is InChI=1S/C8H11ClN2O3S/c1-5(10)8(12)6-3-7(9)11(4-6)15(2,13)14/h3-5H,10H2,1-2H3. The minimum absolute atomic E-state index is 0.0264. The number of carbonyl (C=O) groups excluding carboxylic acids is 1. The van der Waals surface area contributed by atoms with Crippen molar-refractivity contribution in [2.45, 2.75) is 13.0 Å². The number of nitrogens with two attached hydrogens (primary N) is 1. The van der Waals surface area contributed by atoms with Crippen molar-refractivity contribution in [2.75, 3.05) is 6.26 Å². The fourth-order valence-electron chi connectivity index (χ4n) is 1.07. The van der Waals surface area contributed by atoms with Crippen LogP contribution in [0.4, 0.5) is 0 Å². The Labute approximate surface area is 92.9 Å². The maximum absolute atomic E-state index is 11.4. The average Bonchev–Trinajstić information content (AvgIpc) is 2.44. The SMILES string of the molecule is CC(N)C(=O)c1cc(Cl)n(S(C)(=O)=O)c1. The summed E-state index contributed by atoms with van der Waals surface area (Å²) < 4.78 is 23.2. The Bertz CT molecular complexity index is 490. The molecule has 1 aromatic rings. The Morgan fingerprint density at radius 2 is 2.13 bits per heavy atom. The topological polar surface area (TPSA) is 82.2 Å². The molecule has 1 rings (SSSR count). The van der Waals surface area contributed by atoms with Crippen molar-refractivity contribution in [1.29, 1.82) is 0 Å². The number of rotatable bonds is 3. The van der Waals surface area contributed by atoms with Gasteiger partial charge in [0.25, 0.3) is 0 Å². The molecular formula is C8H11ClN2O3S. The van der Waals surface area contributed by atoms with Gasteiger partial charge in [-0.1, -0.05) is 11.6 Å². The fraction of sp³-hybridized carbons (Fsp3) is 0.375. The van der Waals surface area contributed by atoms with Gasteiger partial charge in [0.2, 0.25) is 10.0 Å². The lowest BCUT2D eigenvalue weighted by atomic mass is 10.1. The van der Waals surface area contributed by atoms with Gasteiger partial charge in [-0.05, 0) is 13.0 Å². The molecule has 1 unspecified atom stereocenters. The zero-order valence-corrected chi connectivity index (χ0v) is 9.84. The van der Waals surface area contributed by atoms with Gasteiger partial charge in [-0.15, -0.1) is 0 Å². The molecular weight excluding hydrogens is 240 g/mol. The van der Waals surface area contributed by atoms with E-state index in [0.717, 1.165) is 10.2 Å². The van der Waals surface area contributed by atoms with Crippen LogP contribution in [0.2, 0.25) is 5.15 Å². The predicted octanol–water partition coefficient (Wildman–Crippen LogP) is 0.479. The van der Waals surface area contributed by atoms with Crippen LogP contribution < -0.4 is 5.73 Å². The second kappa shape index (κ2) is 3.96. The molecule has 0 saturated heterocycles. The molecule has 0 spiro atoms. The van der Waals surface area contributed by atoms with Gasteiger partial charge >= 0.3 is 0 Å². The van der Waals surface area contributed by atoms with E-state index in [-0.39, 0.29) is 16.5 Å². The van der Waals surface area contributed by atoms with Crippen LogP contribution in [-0.2, 0) is 10.0 Å². The van der Waals surface area contributed by atoms with Gasteiger partial charge in [0, 0.05) is 11.8 Å². The van der Waals surface area contributed by atoms with E-state index in [2.05, 4.69) is 0 Å². The van der Waals surface area contributed by atoms with Crippen LogP contribution in [0.15, 0.2) is 12.3 Å². The van der Waals surface area contributed by atoms with Crippen molar-refractivity contribution in [2.24, 2.45) is 5.73 Å². The maximum atomic E-state index is 11.4. The Balaban J connectivity index is 3.24. The van der Waals surface area contributed by atoms with Gasteiger partial charge in [0.1, 0.15) is 5.15 Å². The monoisotopic (exact) mass is 250 g/mol. The Kier molecular flexibility index (Phi) is 3.22. The van der Waals surface area contributed by atoms with Crippen LogP contribution in [-0.4, -0.2) is 30.5 Å². The quantitative estimate of drug-likeness (QED) is 0.791. The van der Waals surface area contributed by atoms with E-state index in [9.17, 15) is 13.2 Å². The molecule has 7 heteroatoms. The van der Waals surface area contributed by atoms with E-state index in [4.69, 9.17) is 17.3 Å². The van der Waals surface area contributed by atoms with E-state index in [1.165, 1.54) is 19.2 Å². The van der Waals surface area contributed by atoms with E-state index >= 15 is 0 Å². The van der Waals surface area contributed by atoms with Gasteiger partial charge in [-0.2, -0.15) is 0 Å². The number of ketones is 1. The normalized spacial score (nSPS) is 13.9. The lowest BCUT2D eigenvalue weighted by Crippen LogP contribution is -2.26. The molecule has 0 fully saturated rings. The van der Waals surface area contributed by atoms with E-state index in [0.29, 0.717) is 0 Å². The van der Waals surface area contributed by atoms with Gasteiger partial charge in [0.15, 0.2) is 5.78 Å². The molecule has 1 aromatic heterocycles. The minimum Gasteiger partial charge on any atom is -0.321 e. The van der Waals surface area contributed by atoms with Crippen LogP contribution in [0.5, 0.6) is 0 Å². The highest BCUT2D eigenvalue weighted by atomic mass is 35.5. The van der Waals surface area contributed by atoms with Crippen molar-refractivity contribution in [1.82, 2.24) is 3.97 Å². The molecule has 0 saturated carbocycles. The first-order valence-corrected chi connectivity index (χ1v) is 6.34. The van der Waals surface area contributed by atoms with Crippen molar-refractivity contribution < 1.29 is 13.2 Å². The summed E-state index contributed by atoms with van der Waals surface area (Å²) in [4.78, 5) is 11.4. The third kappa shape index (κ3) is 2.58. The average molecular weight is 251 g/mol. The number of hydrogen-bond acceptors (Lipinski definition) is 4. The molecule has 0 aromatic carbocycles. The number of halogens is 1. The summed E-state index contributed by atoms with van der Waals surface area (Å²) in [5.74, 6) is -0.348. The summed E-state index contributed by atoms with van der Waals surface area (Å²) in [5.41, 5.74) is 5.58. The van der Waals surface area contributed by atoms with Crippen LogP contribution in [0, 0.1) is 0 Å². The summed E-state index contributed by atoms with van der Waals surface area (Å²) in [7, 11) is -3.48. The Morgan fingerprint density at radius 1 is 1.60 bits per heavy atom. The zero-order valence-electron chi connectivity index (χ0n) is 8.27. The predicted molar refractivity (Wildman–Crippen MR) is 57.7 cm³/mol. The number of Topliss-reactive ketones (excluding diaryl/α,β-unsaturated/α-hetero) is 1.